The van der Waals surface area contributed by atoms with Crippen LogP contribution in [0.15, 0.2) is 76.1 Å². The van der Waals surface area contributed by atoms with Crippen LogP contribution in [0.3, 0.4) is 0 Å². The Labute approximate surface area is 198 Å². The van der Waals surface area contributed by atoms with E-state index >= 15 is 0 Å². The standard InChI is InChI=1S/C25H26BrNO4S/c1-4-8-20-13-14-24(22(26)16-20)31-17-25(28)27(23-15-18(2)11-12-19(23)3)32(29,30)21-9-6-5-7-10-21/h5-7,9-16H,4,8,17H2,1-3H3. The average molecular weight is 516 g/mol. The average Bonchev–Trinajstić information content (AvgIpc) is 2.76. The van der Waals surface area contributed by atoms with Gasteiger partial charge in [-0.15, -0.1) is 0 Å². The molecule has 0 aromatic heterocycles. The van der Waals surface area contributed by atoms with Crippen LogP contribution in [-0.2, 0) is 21.2 Å². The fourth-order valence-corrected chi connectivity index (χ4v) is 5.37. The van der Waals surface area contributed by atoms with Crippen LogP contribution in [0.2, 0.25) is 0 Å². The number of rotatable bonds is 8. The summed E-state index contributed by atoms with van der Waals surface area (Å²) in [5, 5.41) is 0. The molecule has 0 unspecified atom stereocenters. The monoisotopic (exact) mass is 515 g/mol. The minimum Gasteiger partial charge on any atom is -0.483 e. The van der Waals surface area contributed by atoms with Gasteiger partial charge in [0.25, 0.3) is 15.9 Å². The number of aryl methyl sites for hydroxylation is 3. The molecular weight excluding hydrogens is 490 g/mol. The van der Waals surface area contributed by atoms with Crippen molar-refractivity contribution in [2.75, 3.05) is 10.9 Å². The molecule has 0 atom stereocenters. The zero-order valence-electron chi connectivity index (χ0n) is 18.3. The van der Waals surface area contributed by atoms with Gasteiger partial charge in [0.05, 0.1) is 15.1 Å². The van der Waals surface area contributed by atoms with Gasteiger partial charge in [-0.25, -0.2) is 8.42 Å². The second-order valence-corrected chi connectivity index (χ2v) is 10.2. The van der Waals surface area contributed by atoms with Gasteiger partial charge in [0.1, 0.15) is 5.75 Å². The highest BCUT2D eigenvalue weighted by Gasteiger charge is 2.32. The minimum atomic E-state index is -4.13. The second-order valence-electron chi connectivity index (χ2n) is 7.57. The molecule has 5 nitrogen and oxygen atoms in total. The van der Waals surface area contributed by atoms with E-state index in [4.69, 9.17) is 4.74 Å². The summed E-state index contributed by atoms with van der Waals surface area (Å²) >= 11 is 3.48. The fourth-order valence-electron chi connectivity index (χ4n) is 3.34. The van der Waals surface area contributed by atoms with Gasteiger partial charge in [-0.2, -0.15) is 4.31 Å². The summed E-state index contributed by atoms with van der Waals surface area (Å²) in [6.07, 6.45) is 1.96. The Balaban J connectivity index is 1.95. The first-order valence-corrected chi connectivity index (χ1v) is 12.6. The summed E-state index contributed by atoms with van der Waals surface area (Å²) in [7, 11) is -4.13. The third-order valence-electron chi connectivity index (χ3n) is 4.98. The quantitative estimate of drug-likeness (QED) is 0.379. The molecular formula is C25H26BrNO4S. The Morgan fingerprint density at radius 1 is 1.00 bits per heavy atom. The molecule has 3 rings (SSSR count). The molecule has 0 aliphatic carbocycles. The van der Waals surface area contributed by atoms with Crippen LogP contribution in [0.1, 0.15) is 30.0 Å². The van der Waals surface area contributed by atoms with Gasteiger partial charge >= 0.3 is 0 Å². The number of carbonyl (C=O) groups excluding carboxylic acids is 1. The Kier molecular flexibility index (Phi) is 7.74. The second kappa shape index (κ2) is 10.3. The molecule has 0 bridgehead atoms. The van der Waals surface area contributed by atoms with E-state index in [0.717, 1.165) is 32.7 Å². The first-order chi connectivity index (χ1) is 15.2. The number of sulfonamides is 1. The SMILES string of the molecule is CCCc1ccc(OCC(=O)N(c2cc(C)ccc2C)S(=O)(=O)c2ccccc2)c(Br)c1. The van der Waals surface area contributed by atoms with Crippen molar-refractivity contribution in [3.8, 4) is 5.75 Å². The number of nitrogens with zero attached hydrogens (tertiary/aromatic N) is 1. The van der Waals surface area contributed by atoms with Crippen molar-refractivity contribution in [3.05, 3.63) is 87.9 Å². The lowest BCUT2D eigenvalue weighted by Gasteiger charge is -2.25. The number of anilines is 1. The summed E-state index contributed by atoms with van der Waals surface area (Å²) < 4.78 is 34.3. The predicted molar refractivity (Wildman–Crippen MR) is 131 cm³/mol. The van der Waals surface area contributed by atoms with Crippen LogP contribution >= 0.6 is 15.9 Å². The Morgan fingerprint density at radius 3 is 2.38 bits per heavy atom. The molecule has 3 aromatic carbocycles. The maximum atomic E-state index is 13.5. The fraction of sp³-hybridized carbons (Fsp3) is 0.240. The lowest BCUT2D eigenvalue weighted by molar-refractivity contribution is -0.119. The Bertz CT molecular complexity index is 1210. The summed E-state index contributed by atoms with van der Waals surface area (Å²) in [5.74, 6) is -0.191. The van der Waals surface area contributed by atoms with Gasteiger partial charge in [-0.05, 0) is 83.2 Å². The number of halogens is 1. The number of hydrogen-bond acceptors (Lipinski definition) is 4. The van der Waals surface area contributed by atoms with E-state index in [1.165, 1.54) is 12.1 Å². The zero-order valence-corrected chi connectivity index (χ0v) is 20.7. The third kappa shape index (κ3) is 5.40. The van der Waals surface area contributed by atoms with Crippen molar-refractivity contribution >= 4 is 37.5 Å². The first-order valence-electron chi connectivity index (χ1n) is 10.4. The summed E-state index contributed by atoms with van der Waals surface area (Å²) in [4.78, 5) is 13.3. The number of carbonyl (C=O) groups is 1. The van der Waals surface area contributed by atoms with Crippen LogP contribution in [0.4, 0.5) is 5.69 Å². The van der Waals surface area contributed by atoms with Crippen LogP contribution in [0, 0.1) is 13.8 Å². The molecule has 0 heterocycles. The molecule has 0 N–H and O–H groups in total. The molecule has 168 valence electrons. The molecule has 7 heteroatoms. The van der Waals surface area contributed by atoms with Crippen LogP contribution < -0.4 is 9.04 Å². The summed E-state index contributed by atoms with van der Waals surface area (Å²) in [5.41, 5.74) is 3.00. The van der Waals surface area contributed by atoms with E-state index in [2.05, 4.69) is 22.9 Å². The topological polar surface area (TPSA) is 63.7 Å². The van der Waals surface area contributed by atoms with Gasteiger partial charge in [-0.3, -0.25) is 4.79 Å². The van der Waals surface area contributed by atoms with Crippen molar-refractivity contribution in [2.45, 2.75) is 38.5 Å². The maximum Gasteiger partial charge on any atom is 0.278 e. The van der Waals surface area contributed by atoms with Gasteiger partial charge in [0.2, 0.25) is 0 Å². The van der Waals surface area contributed by atoms with Gasteiger partial charge in [-0.1, -0.05) is 49.7 Å². The molecule has 0 spiro atoms. The highest BCUT2D eigenvalue weighted by atomic mass is 79.9. The van der Waals surface area contributed by atoms with E-state index in [-0.39, 0.29) is 4.90 Å². The largest absolute Gasteiger partial charge is 0.483 e. The molecule has 0 fully saturated rings. The predicted octanol–water partition coefficient (Wildman–Crippen LogP) is 5.82. The lowest BCUT2D eigenvalue weighted by Crippen LogP contribution is -2.40. The third-order valence-corrected chi connectivity index (χ3v) is 7.35. The summed E-state index contributed by atoms with van der Waals surface area (Å²) in [6.45, 7) is 5.31. The van der Waals surface area contributed by atoms with Crippen LogP contribution in [0.25, 0.3) is 0 Å². The van der Waals surface area contributed by atoms with Crippen molar-refractivity contribution in [1.29, 1.82) is 0 Å². The molecule has 0 saturated carbocycles. The van der Waals surface area contributed by atoms with E-state index in [0.29, 0.717) is 17.0 Å². The molecule has 32 heavy (non-hydrogen) atoms. The smallest absolute Gasteiger partial charge is 0.278 e. The van der Waals surface area contributed by atoms with Gasteiger partial charge in [0.15, 0.2) is 6.61 Å². The minimum absolute atomic E-state index is 0.0411. The maximum absolute atomic E-state index is 13.5. The van der Waals surface area contributed by atoms with E-state index < -0.39 is 22.5 Å². The Morgan fingerprint density at radius 2 is 1.72 bits per heavy atom. The van der Waals surface area contributed by atoms with Gasteiger partial charge < -0.3 is 4.74 Å². The number of amides is 1. The lowest BCUT2D eigenvalue weighted by atomic mass is 10.1. The highest BCUT2D eigenvalue weighted by Crippen LogP contribution is 2.30. The van der Waals surface area contributed by atoms with Crippen molar-refractivity contribution < 1.29 is 17.9 Å². The molecule has 0 saturated heterocycles. The number of benzene rings is 3. The van der Waals surface area contributed by atoms with Crippen molar-refractivity contribution in [1.82, 2.24) is 0 Å². The zero-order chi connectivity index (χ0) is 23.3. The van der Waals surface area contributed by atoms with Crippen molar-refractivity contribution in [3.63, 3.8) is 0 Å². The molecule has 1 amide bonds. The molecule has 0 aliphatic rings. The van der Waals surface area contributed by atoms with Crippen molar-refractivity contribution in [2.24, 2.45) is 0 Å². The van der Waals surface area contributed by atoms with Crippen LogP contribution in [-0.4, -0.2) is 20.9 Å². The van der Waals surface area contributed by atoms with E-state index in [1.54, 1.807) is 43.3 Å². The Hall–Kier alpha value is -2.64. The van der Waals surface area contributed by atoms with E-state index in [1.807, 2.05) is 25.1 Å². The molecule has 0 aliphatic heterocycles. The van der Waals surface area contributed by atoms with E-state index in [9.17, 15) is 13.2 Å². The van der Waals surface area contributed by atoms with Crippen LogP contribution in [0.5, 0.6) is 5.75 Å². The normalized spacial score (nSPS) is 11.2. The first kappa shape index (κ1) is 24.0. The number of ether oxygens (including phenoxy) is 1. The molecule has 3 aromatic rings. The van der Waals surface area contributed by atoms with Gasteiger partial charge in [0, 0.05) is 0 Å². The summed E-state index contributed by atoms with van der Waals surface area (Å²) in [6, 6.07) is 19.0. The molecule has 0 radical (unpaired) electrons. The number of hydrogen-bond donors (Lipinski definition) is 0. The highest BCUT2D eigenvalue weighted by molar-refractivity contribution is 9.10.